The standard InChI is InChI=1S/C12H19F3O2/c1-3-4-5-6-7-11(8-12(13,14)15)9-17-10(2)16/h8H,3-7,9H2,1-2H3/b11-8-. The van der Waals surface area contributed by atoms with Crippen LogP contribution in [0, 0.1) is 0 Å². The first-order valence-electron chi connectivity index (χ1n) is 5.76. The van der Waals surface area contributed by atoms with Gasteiger partial charge in [-0.15, -0.1) is 0 Å². The summed E-state index contributed by atoms with van der Waals surface area (Å²) in [5.74, 6) is -0.563. The third kappa shape index (κ3) is 11.3. The summed E-state index contributed by atoms with van der Waals surface area (Å²) >= 11 is 0. The van der Waals surface area contributed by atoms with Gasteiger partial charge in [0, 0.05) is 13.0 Å². The third-order valence-electron chi connectivity index (χ3n) is 2.18. The van der Waals surface area contributed by atoms with E-state index in [1.54, 1.807) is 0 Å². The molecular formula is C12H19F3O2. The second-order valence-electron chi connectivity index (χ2n) is 3.94. The fourth-order valence-corrected chi connectivity index (χ4v) is 1.39. The monoisotopic (exact) mass is 252 g/mol. The summed E-state index contributed by atoms with van der Waals surface area (Å²) in [6, 6.07) is 0. The molecule has 0 bridgehead atoms. The van der Waals surface area contributed by atoms with E-state index in [1.807, 2.05) is 6.92 Å². The van der Waals surface area contributed by atoms with E-state index in [-0.39, 0.29) is 18.3 Å². The van der Waals surface area contributed by atoms with Crippen molar-refractivity contribution >= 4 is 5.97 Å². The maximum atomic E-state index is 12.2. The van der Waals surface area contributed by atoms with E-state index in [1.165, 1.54) is 6.92 Å². The van der Waals surface area contributed by atoms with Crippen LogP contribution in [0.15, 0.2) is 11.6 Å². The summed E-state index contributed by atoms with van der Waals surface area (Å²) in [5.41, 5.74) is 0.129. The van der Waals surface area contributed by atoms with Crippen molar-refractivity contribution in [1.29, 1.82) is 0 Å². The molecule has 5 heteroatoms. The number of allylic oxidation sites excluding steroid dienone is 1. The predicted molar refractivity (Wildman–Crippen MR) is 59.5 cm³/mol. The minimum absolute atomic E-state index is 0.129. The third-order valence-corrected chi connectivity index (χ3v) is 2.18. The Kier molecular flexibility index (Phi) is 7.66. The Hall–Kier alpha value is -1.00. The number of halogens is 3. The number of ether oxygens (including phenoxy) is 1. The van der Waals surface area contributed by atoms with Crippen LogP contribution in [-0.2, 0) is 9.53 Å². The fourth-order valence-electron chi connectivity index (χ4n) is 1.39. The number of rotatable bonds is 7. The van der Waals surface area contributed by atoms with Crippen LogP contribution in [0.4, 0.5) is 13.2 Å². The second-order valence-corrected chi connectivity index (χ2v) is 3.94. The van der Waals surface area contributed by atoms with E-state index < -0.39 is 12.1 Å². The molecular weight excluding hydrogens is 233 g/mol. The molecule has 100 valence electrons. The van der Waals surface area contributed by atoms with Gasteiger partial charge in [0.15, 0.2) is 0 Å². The highest BCUT2D eigenvalue weighted by molar-refractivity contribution is 5.66. The van der Waals surface area contributed by atoms with Crippen molar-refractivity contribution in [3.05, 3.63) is 11.6 Å². The molecule has 0 fully saturated rings. The van der Waals surface area contributed by atoms with Crippen LogP contribution in [0.3, 0.4) is 0 Å². The van der Waals surface area contributed by atoms with Crippen LogP contribution < -0.4 is 0 Å². The van der Waals surface area contributed by atoms with E-state index in [0.29, 0.717) is 12.8 Å². The van der Waals surface area contributed by atoms with E-state index in [2.05, 4.69) is 4.74 Å². The van der Waals surface area contributed by atoms with Crippen molar-refractivity contribution in [2.45, 2.75) is 52.1 Å². The first kappa shape index (κ1) is 16.0. The Morgan fingerprint density at radius 2 is 1.88 bits per heavy atom. The largest absolute Gasteiger partial charge is 0.461 e. The lowest BCUT2D eigenvalue weighted by Crippen LogP contribution is -2.09. The molecule has 0 aromatic rings. The lowest BCUT2D eigenvalue weighted by Gasteiger charge is -2.09. The van der Waals surface area contributed by atoms with Crippen LogP contribution >= 0.6 is 0 Å². The molecule has 0 saturated heterocycles. The van der Waals surface area contributed by atoms with E-state index in [9.17, 15) is 18.0 Å². The highest BCUT2D eigenvalue weighted by Gasteiger charge is 2.24. The van der Waals surface area contributed by atoms with Crippen molar-refractivity contribution in [1.82, 2.24) is 0 Å². The zero-order valence-electron chi connectivity index (χ0n) is 10.3. The average molecular weight is 252 g/mol. The van der Waals surface area contributed by atoms with Gasteiger partial charge in [0.05, 0.1) is 0 Å². The highest BCUT2D eigenvalue weighted by atomic mass is 19.4. The molecule has 0 saturated carbocycles. The normalized spacial score (nSPS) is 12.6. The first-order valence-corrected chi connectivity index (χ1v) is 5.76. The van der Waals surface area contributed by atoms with Gasteiger partial charge in [-0.1, -0.05) is 26.2 Å². The maximum absolute atomic E-state index is 12.2. The molecule has 0 rings (SSSR count). The summed E-state index contributed by atoms with van der Waals surface area (Å²) in [6.45, 7) is 2.95. The van der Waals surface area contributed by atoms with Crippen LogP contribution in [-0.4, -0.2) is 18.8 Å². The summed E-state index contributed by atoms with van der Waals surface area (Å²) < 4.78 is 41.2. The summed E-state index contributed by atoms with van der Waals surface area (Å²) in [5, 5.41) is 0. The topological polar surface area (TPSA) is 26.3 Å². The summed E-state index contributed by atoms with van der Waals surface area (Å²) in [4.78, 5) is 10.6. The van der Waals surface area contributed by atoms with Gasteiger partial charge in [0.2, 0.25) is 0 Å². The lowest BCUT2D eigenvalue weighted by atomic mass is 10.1. The number of carbonyl (C=O) groups is 1. The number of unbranched alkanes of at least 4 members (excludes halogenated alkanes) is 3. The molecule has 0 spiro atoms. The van der Waals surface area contributed by atoms with Gasteiger partial charge >= 0.3 is 12.1 Å². The molecule has 0 unspecified atom stereocenters. The first-order chi connectivity index (χ1) is 7.85. The number of esters is 1. The van der Waals surface area contributed by atoms with Crippen LogP contribution in [0.25, 0.3) is 0 Å². The molecule has 0 aliphatic heterocycles. The molecule has 0 aromatic carbocycles. The summed E-state index contributed by atoms with van der Waals surface area (Å²) in [6.07, 6.45) is -0.160. The molecule has 0 heterocycles. The van der Waals surface area contributed by atoms with Crippen molar-refractivity contribution in [3.63, 3.8) is 0 Å². The van der Waals surface area contributed by atoms with Gasteiger partial charge in [-0.25, -0.2) is 0 Å². The SMILES string of the molecule is CCCCCC/C(=C/C(F)(F)F)COC(C)=O. The average Bonchev–Trinajstić information content (AvgIpc) is 2.18. The van der Waals surface area contributed by atoms with Gasteiger partial charge in [0.25, 0.3) is 0 Å². The molecule has 0 aromatic heterocycles. The molecule has 0 atom stereocenters. The maximum Gasteiger partial charge on any atom is 0.409 e. The second kappa shape index (κ2) is 8.14. The molecule has 0 amide bonds. The Morgan fingerprint density at radius 1 is 1.24 bits per heavy atom. The number of alkyl halides is 3. The Balaban J connectivity index is 4.21. The van der Waals surface area contributed by atoms with E-state index in [0.717, 1.165) is 19.3 Å². The zero-order valence-corrected chi connectivity index (χ0v) is 10.3. The smallest absolute Gasteiger partial charge is 0.409 e. The Bertz CT molecular complexity index is 257. The van der Waals surface area contributed by atoms with Crippen molar-refractivity contribution in [2.75, 3.05) is 6.61 Å². The van der Waals surface area contributed by atoms with Crippen molar-refractivity contribution in [2.24, 2.45) is 0 Å². The number of hydrogen-bond acceptors (Lipinski definition) is 2. The minimum atomic E-state index is -4.35. The molecule has 0 radical (unpaired) electrons. The lowest BCUT2D eigenvalue weighted by molar-refractivity contribution is -0.140. The van der Waals surface area contributed by atoms with Crippen LogP contribution in [0.5, 0.6) is 0 Å². The van der Waals surface area contributed by atoms with E-state index >= 15 is 0 Å². The molecule has 2 nitrogen and oxygen atoms in total. The van der Waals surface area contributed by atoms with Gasteiger partial charge in [-0.2, -0.15) is 13.2 Å². The van der Waals surface area contributed by atoms with Crippen LogP contribution in [0.1, 0.15) is 46.0 Å². The minimum Gasteiger partial charge on any atom is -0.461 e. The predicted octanol–water partition coefficient (Wildman–Crippen LogP) is 4.01. The van der Waals surface area contributed by atoms with Gasteiger partial charge in [-0.05, 0) is 18.4 Å². The number of hydrogen-bond donors (Lipinski definition) is 0. The van der Waals surface area contributed by atoms with Crippen molar-refractivity contribution < 1.29 is 22.7 Å². The summed E-state index contributed by atoms with van der Waals surface area (Å²) in [7, 11) is 0. The molecule has 0 aliphatic carbocycles. The quantitative estimate of drug-likeness (QED) is 0.389. The zero-order chi connectivity index (χ0) is 13.3. The molecule has 0 aliphatic rings. The number of carbonyl (C=O) groups excluding carboxylic acids is 1. The Morgan fingerprint density at radius 3 is 2.35 bits per heavy atom. The fraction of sp³-hybridized carbons (Fsp3) is 0.750. The highest BCUT2D eigenvalue weighted by Crippen LogP contribution is 2.21. The van der Waals surface area contributed by atoms with Crippen molar-refractivity contribution in [3.8, 4) is 0 Å². The van der Waals surface area contributed by atoms with Gasteiger partial charge < -0.3 is 4.74 Å². The Labute approximate surface area is 99.8 Å². The van der Waals surface area contributed by atoms with E-state index in [4.69, 9.17) is 0 Å². The van der Waals surface area contributed by atoms with Gasteiger partial charge in [0.1, 0.15) is 6.61 Å². The van der Waals surface area contributed by atoms with Gasteiger partial charge in [-0.3, -0.25) is 4.79 Å². The molecule has 17 heavy (non-hydrogen) atoms. The molecule has 0 N–H and O–H groups in total. The van der Waals surface area contributed by atoms with Crippen LogP contribution in [0.2, 0.25) is 0 Å².